The summed E-state index contributed by atoms with van der Waals surface area (Å²) >= 11 is 0. The van der Waals surface area contributed by atoms with Crippen molar-refractivity contribution in [3.05, 3.63) is 59.3 Å². The molecule has 2 aromatic heterocycles. The minimum absolute atomic E-state index is 0.224. The van der Waals surface area contributed by atoms with Crippen LogP contribution in [0, 0.1) is 12.7 Å². The van der Waals surface area contributed by atoms with Gasteiger partial charge in [-0.3, -0.25) is 0 Å². The van der Waals surface area contributed by atoms with Gasteiger partial charge in [-0.05, 0) is 49.2 Å². The first-order valence-electron chi connectivity index (χ1n) is 7.43. The Morgan fingerprint density at radius 3 is 2.73 bits per heavy atom. The van der Waals surface area contributed by atoms with Gasteiger partial charge in [-0.25, -0.2) is 14.4 Å². The number of imidazole rings is 1. The summed E-state index contributed by atoms with van der Waals surface area (Å²) in [7, 11) is 0. The first-order valence-corrected chi connectivity index (χ1v) is 7.43. The molecule has 0 aliphatic heterocycles. The van der Waals surface area contributed by atoms with E-state index in [0.717, 1.165) is 41.1 Å². The van der Waals surface area contributed by atoms with Crippen molar-refractivity contribution >= 4 is 11.2 Å². The third-order valence-electron chi connectivity index (χ3n) is 3.66. The predicted octanol–water partition coefficient (Wildman–Crippen LogP) is 2.82. The molecule has 0 saturated carbocycles. The summed E-state index contributed by atoms with van der Waals surface area (Å²) in [6.45, 7) is 3.42. The molecule has 0 atom stereocenters. The van der Waals surface area contributed by atoms with Crippen LogP contribution in [-0.4, -0.2) is 21.1 Å². The Morgan fingerprint density at radius 2 is 2.00 bits per heavy atom. The third-order valence-corrected chi connectivity index (χ3v) is 3.66. The maximum Gasteiger partial charge on any atom is 0.160 e. The topological polar surface area (TPSA) is 56.7 Å². The highest BCUT2D eigenvalue weighted by molar-refractivity contribution is 5.72. The fourth-order valence-electron chi connectivity index (χ4n) is 2.56. The quantitative estimate of drug-likeness (QED) is 0.788. The van der Waals surface area contributed by atoms with E-state index >= 15 is 0 Å². The minimum atomic E-state index is -0.224. The Morgan fingerprint density at radius 1 is 1.23 bits per heavy atom. The van der Waals surface area contributed by atoms with E-state index in [0.29, 0.717) is 13.0 Å². The van der Waals surface area contributed by atoms with Gasteiger partial charge in [0.1, 0.15) is 17.2 Å². The molecule has 0 spiro atoms. The highest BCUT2D eigenvalue weighted by atomic mass is 19.1. The molecule has 2 heterocycles. The Bertz CT molecular complexity index is 777. The van der Waals surface area contributed by atoms with Gasteiger partial charge < -0.3 is 10.3 Å². The average molecular weight is 298 g/mol. The molecule has 22 heavy (non-hydrogen) atoms. The lowest BCUT2D eigenvalue weighted by atomic mass is 10.1. The van der Waals surface area contributed by atoms with Gasteiger partial charge in [0.25, 0.3) is 0 Å². The van der Waals surface area contributed by atoms with Crippen molar-refractivity contribution in [2.45, 2.75) is 26.3 Å². The smallest absolute Gasteiger partial charge is 0.160 e. The van der Waals surface area contributed by atoms with Crippen LogP contribution in [0.15, 0.2) is 36.5 Å². The second-order valence-electron chi connectivity index (χ2n) is 5.48. The Kier molecular flexibility index (Phi) is 4.15. The van der Waals surface area contributed by atoms with Crippen molar-refractivity contribution in [1.82, 2.24) is 14.5 Å². The number of nitrogens with two attached hydrogens (primary N) is 1. The zero-order valence-electron chi connectivity index (χ0n) is 12.6. The van der Waals surface area contributed by atoms with Crippen LogP contribution in [0.1, 0.15) is 23.4 Å². The van der Waals surface area contributed by atoms with Crippen LogP contribution in [0.3, 0.4) is 0 Å². The van der Waals surface area contributed by atoms with Crippen molar-refractivity contribution in [1.29, 1.82) is 0 Å². The van der Waals surface area contributed by atoms with Crippen LogP contribution < -0.4 is 5.73 Å². The molecular formula is C17H19FN4. The lowest BCUT2D eigenvalue weighted by Gasteiger charge is -2.08. The summed E-state index contributed by atoms with van der Waals surface area (Å²) < 4.78 is 15.2. The molecule has 1 aromatic carbocycles. The minimum Gasteiger partial charge on any atom is -0.330 e. The largest absolute Gasteiger partial charge is 0.330 e. The molecule has 0 bridgehead atoms. The zero-order chi connectivity index (χ0) is 15.5. The van der Waals surface area contributed by atoms with E-state index in [1.165, 1.54) is 12.1 Å². The summed E-state index contributed by atoms with van der Waals surface area (Å²) in [5.74, 6) is 0.714. The number of rotatable bonds is 5. The Balaban J connectivity index is 2.00. The van der Waals surface area contributed by atoms with Gasteiger partial charge >= 0.3 is 0 Å². The lowest BCUT2D eigenvalue weighted by Crippen LogP contribution is -2.09. The number of aryl methyl sites for hydroxylation is 2. The molecule has 0 amide bonds. The van der Waals surface area contributed by atoms with Gasteiger partial charge in [-0.15, -0.1) is 0 Å². The van der Waals surface area contributed by atoms with E-state index in [4.69, 9.17) is 10.7 Å². The van der Waals surface area contributed by atoms with E-state index in [-0.39, 0.29) is 5.82 Å². The monoisotopic (exact) mass is 298 g/mol. The van der Waals surface area contributed by atoms with E-state index < -0.39 is 0 Å². The van der Waals surface area contributed by atoms with Gasteiger partial charge in [0.15, 0.2) is 5.65 Å². The molecule has 114 valence electrons. The van der Waals surface area contributed by atoms with Crippen LogP contribution in [0.25, 0.3) is 11.2 Å². The van der Waals surface area contributed by atoms with E-state index in [1.807, 2.05) is 19.2 Å². The molecule has 2 N–H and O–H groups in total. The number of hydrogen-bond acceptors (Lipinski definition) is 3. The second kappa shape index (κ2) is 6.23. The summed E-state index contributed by atoms with van der Waals surface area (Å²) in [5.41, 5.74) is 9.54. The predicted molar refractivity (Wildman–Crippen MR) is 85.1 cm³/mol. The van der Waals surface area contributed by atoms with Crippen molar-refractivity contribution in [3.63, 3.8) is 0 Å². The molecular weight excluding hydrogens is 279 g/mol. The zero-order valence-corrected chi connectivity index (χ0v) is 12.6. The number of halogens is 1. The van der Waals surface area contributed by atoms with Gasteiger partial charge in [-0.1, -0.05) is 12.1 Å². The van der Waals surface area contributed by atoms with E-state index in [1.54, 1.807) is 12.1 Å². The number of nitrogens with zero attached hydrogens (tertiary/aromatic N) is 3. The normalized spacial score (nSPS) is 11.2. The summed E-state index contributed by atoms with van der Waals surface area (Å²) in [6, 6.07) is 8.58. The maximum absolute atomic E-state index is 13.0. The molecule has 0 aliphatic carbocycles. The molecule has 0 radical (unpaired) electrons. The van der Waals surface area contributed by atoms with E-state index in [9.17, 15) is 4.39 Å². The average Bonchev–Trinajstić information content (AvgIpc) is 2.83. The lowest BCUT2D eigenvalue weighted by molar-refractivity contribution is 0.625. The summed E-state index contributed by atoms with van der Waals surface area (Å²) in [5, 5.41) is 0. The van der Waals surface area contributed by atoms with Crippen LogP contribution in [-0.2, 0) is 13.0 Å². The SMILES string of the molecule is Cc1cnc2c(c1)nc(Cc1ccc(F)cc1)n2CCCN. The van der Waals surface area contributed by atoms with Crippen molar-refractivity contribution < 1.29 is 4.39 Å². The first-order chi connectivity index (χ1) is 10.7. The molecule has 3 rings (SSSR count). The van der Waals surface area contributed by atoms with Crippen molar-refractivity contribution in [3.8, 4) is 0 Å². The molecule has 0 aliphatic rings. The standard InChI is InChI=1S/C17H19FN4/c1-12-9-15-17(20-11-12)22(8-2-7-19)16(21-15)10-13-3-5-14(18)6-4-13/h3-6,9,11H,2,7-8,10,19H2,1H3. The summed E-state index contributed by atoms with van der Waals surface area (Å²) in [4.78, 5) is 9.22. The molecule has 0 unspecified atom stereocenters. The van der Waals surface area contributed by atoms with Crippen LogP contribution in [0.4, 0.5) is 4.39 Å². The van der Waals surface area contributed by atoms with Crippen molar-refractivity contribution in [2.75, 3.05) is 6.54 Å². The fraction of sp³-hybridized carbons (Fsp3) is 0.294. The van der Waals surface area contributed by atoms with Crippen molar-refractivity contribution in [2.24, 2.45) is 5.73 Å². The number of fused-ring (bicyclic) bond motifs is 1. The number of aromatic nitrogens is 3. The first kappa shape index (κ1) is 14.7. The third kappa shape index (κ3) is 2.99. The van der Waals surface area contributed by atoms with Gasteiger partial charge in [0.05, 0.1) is 0 Å². The highest BCUT2D eigenvalue weighted by Gasteiger charge is 2.12. The van der Waals surface area contributed by atoms with Crippen LogP contribution in [0.5, 0.6) is 0 Å². The second-order valence-corrected chi connectivity index (χ2v) is 5.48. The molecule has 0 fully saturated rings. The van der Waals surface area contributed by atoms with Crippen LogP contribution >= 0.6 is 0 Å². The van der Waals surface area contributed by atoms with Gasteiger partial charge in [0.2, 0.25) is 0 Å². The number of hydrogen-bond donors (Lipinski definition) is 1. The fourth-order valence-corrected chi connectivity index (χ4v) is 2.56. The van der Waals surface area contributed by atoms with E-state index in [2.05, 4.69) is 9.55 Å². The maximum atomic E-state index is 13.0. The summed E-state index contributed by atoms with van der Waals surface area (Å²) in [6.07, 6.45) is 3.38. The Hall–Kier alpha value is -2.27. The van der Waals surface area contributed by atoms with Crippen LogP contribution in [0.2, 0.25) is 0 Å². The van der Waals surface area contributed by atoms with Gasteiger partial charge in [0, 0.05) is 19.2 Å². The molecule has 5 heteroatoms. The molecule has 0 saturated heterocycles. The number of benzene rings is 1. The Labute approximate surface area is 128 Å². The van der Waals surface area contributed by atoms with Gasteiger partial charge in [-0.2, -0.15) is 0 Å². The number of pyridine rings is 1. The highest BCUT2D eigenvalue weighted by Crippen LogP contribution is 2.18. The molecule has 4 nitrogen and oxygen atoms in total. The molecule has 3 aromatic rings.